The molecule has 0 aliphatic carbocycles. The summed E-state index contributed by atoms with van der Waals surface area (Å²) < 4.78 is 13.5. The van der Waals surface area contributed by atoms with Gasteiger partial charge in [0.25, 0.3) is 5.56 Å². The van der Waals surface area contributed by atoms with Crippen molar-refractivity contribution in [3.05, 3.63) is 94.1 Å². The number of hydrogen-bond donors (Lipinski definition) is 0. The number of aromatic nitrogens is 1. The quantitative estimate of drug-likeness (QED) is 0.483. The number of hydrogen-bond acceptors (Lipinski definition) is 4. The van der Waals surface area contributed by atoms with Crippen molar-refractivity contribution < 1.29 is 9.15 Å². The molecule has 0 bridgehead atoms. The summed E-state index contributed by atoms with van der Waals surface area (Å²) in [5.41, 5.74) is 3.81. The van der Waals surface area contributed by atoms with Crippen LogP contribution in [0.1, 0.15) is 16.9 Å². The summed E-state index contributed by atoms with van der Waals surface area (Å²) in [6.45, 7) is 2.33. The Morgan fingerprint density at radius 3 is 2.70 bits per heavy atom. The first-order valence-corrected chi connectivity index (χ1v) is 9.80. The summed E-state index contributed by atoms with van der Waals surface area (Å²) in [5.74, 6) is 1.62. The lowest BCUT2D eigenvalue weighted by molar-refractivity contribution is 0.296. The summed E-state index contributed by atoms with van der Waals surface area (Å²) >= 11 is 0. The number of furan rings is 1. The molecule has 5 rings (SSSR count). The average molecular weight is 423 g/mol. The Labute approximate surface area is 180 Å². The molecule has 0 fully saturated rings. The molecule has 0 atom stereocenters. The van der Waals surface area contributed by atoms with Gasteiger partial charge >= 0.3 is 0 Å². The molecule has 0 amide bonds. The van der Waals surface area contributed by atoms with E-state index >= 15 is 0 Å². The molecule has 0 saturated carbocycles. The number of nitrogens with zero attached hydrogens (tertiary/aromatic N) is 2. The number of fused-ring (bicyclic) bond motifs is 3. The minimum absolute atomic E-state index is 0. The molecule has 30 heavy (non-hydrogen) atoms. The molecule has 154 valence electrons. The zero-order chi connectivity index (χ0) is 19.8. The Balaban J connectivity index is 0.00000218. The van der Waals surface area contributed by atoms with Crippen molar-refractivity contribution in [2.24, 2.45) is 0 Å². The molecule has 5 nitrogen and oxygen atoms in total. The number of likely N-dealkylation sites (N-methyl/N-ethyl adjacent to an activating group) is 1. The van der Waals surface area contributed by atoms with E-state index in [1.165, 1.54) is 11.6 Å². The third-order valence-electron chi connectivity index (χ3n) is 5.43. The Hall–Kier alpha value is -3.02. The molecule has 2 aromatic heterocycles. The maximum absolute atomic E-state index is 12.7. The van der Waals surface area contributed by atoms with Crippen molar-refractivity contribution in [3.8, 4) is 11.4 Å². The molecule has 2 aromatic carbocycles. The van der Waals surface area contributed by atoms with Crippen LogP contribution in [0.5, 0.6) is 5.75 Å². The summed E-state index contributed by atoms with van der Waals surface area (Å²) in [5, 5.41) is 1.13. The first-order valence-electron chi connectivity index (χ1n) is 9.80. The molecule has 0 N–H and O–H groups in total. The molecule has 0 radical (unpaired) electrons. The molecular weight excluding hydrogens is 400 g/mol. The molecule has 1 aliphatic rings. The Morgan fingerprint density at radius 2 is 1.90 bits per heavy atom. The minimum Gasteiger partial charge on any atom is -0.489 e. The normalized spacial score (nSPS) is 13.6. The summed E-state index contributed by atoms with van der Waals surface area (Å²) in [6, 6.07) is 19.2. The minimum atomic E-state index is -0.133. The SMILES string of the molecule is CN1CCc2oc3cc(-n4ccc(OCc5ccccc5)cc4=O)ccc3c2C1.Cl. The maximum Gasteiger partial charge on any atom is 0.258 e. The highest BCUT2D eigenvalue weighted by molar-refractivity contribution is 5.85. The Bertz CT molecular complexity index is 1230. The number of rotatable bonds is 4. The molecule has 1 aliphatic heterocycles. The van der Waals surface area contributed by atoms with Gasteiger partial charge in [-0.2, -0.15) is 0 Å². The van der Waals surface area contributed by atoms with E-state index in [-0.39, 0.29) is 18.0 Å². The van der Waals surface area contributed by atoms with E-state index < -0.39 is 0 Å². The fraction of sp³-hybridized carbons (Fsp3) is 0.208. The van der Waals surface area contributed by atoms with Crippen LogP contribution in [0.3, 0.4) is 0 Å². The van der Waals surface area contributed by atoms with Crippen molar-refractivity contribution in [2.45, 2.75) is 19.6 Å². The van der Waals surface area contributed by atoms with E-state index in [9.17, 15) is 4.79 Å². The second-order valence-electron chi connectivity index (χ2n) is 7.52. The third-order valence-corrected chi connectivity index (χ3v) is 5.43. The monoisotopic (exact) mass is 422 g/mol. The molecule has 3 heterocycles. The summed E-state index contributed by atoms with van der Waals surface area (Å²) in [6.07, 6.45) is 2.67. The predicted molar refractivity (Wildman–Crippen MR) is 120 cm³/mol. The van der Waals surface area contributed by atoms with Gasteiger partial charge in [0, 0.05) is 48.8 Å². The number of benzene rings is 2. The van der Waals surface area contributed by atoms with Gasteiger partial charge in [-0.3, -0.25) is 9.36 Å². The standard InChI is InChI=1S/C24H22N2O3.ClH/c1-25-11-10-22-21(15-25)20-8-7-18(13-23(20)29-22)26-12-9-19(14-24(26)27)28-16-17-5-3-2-4-6-17;/h2-9,12-14H,10-11,15-16H2,1H3;1H. The van der Waals surface area contributed by atoms with Gasteiger partial charge in [0.15, 0.2) is 0 Å². The number of ether oxygens (including phenoxy) is 1. The summed E-state index contributed by atoms with van der Waals surface area (Å²) in [7, 11) is 2.12. The van der Waals surface area contributed by atoms with E-state index in [1.54, 1.807) is 10.8 Å². The van der Waals surface area contributed by atoms with E-state index in [2.05, 4.69) is 18.0 Å². The van der Waals surface area contributed by atoms with Gasteiger partial charge in [0.1, 0.15) is 23.7 Å². The Morgan fingerprint density at radius 1 is 1.07 bits per heavy atom. The van der Waals surface area contributed by atoms with E-state index in [1.807, 2.05) is 48.5 Å². The lowest BCUT2D eigenvalue weighted by Crippen LogP contribution is -2.25. The van der Waals surface area contributed by atoms with Crippen molar-refractivity contribution in [3.63, 3.8) is 0 Å². The van der Waals surface area contributed by atoms with Crippen LogP contribution >= 0.6 is 12.4 Å². The number of halogens is 1. The summed E-state index contributed by atoms with van der Waals surface area (Å²) in [4.78, 5) is 15.0. The highest BCUT2D eigenvalue weighted by Crippen LogP contribution is 2.31. The van der Waals surface area contributed by atoms with Crippen LogP contribution in [-0.2, 0) is 19.6 Å². The molecule has 4 aromatic rings. The average Bonchev–Trinajstić information content (AvgIpc) is 3.10. The zero-order valence-corrected chi connectivity index (χ0v) is 17.5. The van der Waals surface area contributed by atoms with Gasteiger partial charge in [-0.1, -0.05) is 30.3 Å². The molecule has 6 heteroatoms. The van der Waals surface area contributed by atoms with Gasteiger partial charge in [0.2, 0.25) is 0 Å². The van der Waals surface area contributed by atoms with Crippen molar-refractivity contribution >= 4 is 23.4 Å². The van der Waals surface area contributed by atoms with Crippen LogP contribution in [0.4, 0.5) is 0 Å². The lowest BCUT2D eigenvalue weighted by Gasteiger charge is -2.21. The second-order valence-corrected chi connectivity index (χ2v) is 7.52. The van der Waals surface area contributed by atoms with Crippen LogP contribution in [0, 0.1) is 0 Å². The largest absolute Gasteiger partial charge is 0.489 e. The van der Waals surface area contributed by atoms with Crippen LogP contribution in [0.2, 0.25) is 0 Å². The van der Waals surface area contributed by atoms with Gasteiger partial charge in [-0.05, 0) is 30.8 Å². The fourth-order valence-corrected chi connectivity index (χ4v) is 3.86. The van der Waals surface area contributed by atoms with Crippen molar-refractivity contribution in [1.82, 2.24) is 9.47 Å². The first kappa shape index (κ1) is 20.3. The predicted octanol–water partition coefficient (Wildman–Crippen LogP) is 4.57. The second kappa shape index (κ2) is 8.38. The fourth-order valence-electron chi connectivity index (χ4n) is 3.86. The zero-order valence-electron chi connectivity index (χ0n) is 16.7. The molecule has 0 unspecified atom stereocenters. The molecular formula is C24H23ClN2O3. The maximum atomic E-state index is 12.7. The van der Waals surface area contributed by atoms with Crippen LogP contribution in [0.15, 0.2) is 76.1 Å². The lowest BCUT2D eigenvalue weighted by atomic mass is 10.1. The molecule has 0 spiro atoms. The van der Waals surface area contributed by atoms with E-state index in [0.717, 1.165) is 47.5 Å². The van der Waals surface area contributed by atoms with E-state index in [0.29, 0.717) is 12.4 Å². The van der Waals surface area contributed by atoms with Gasteiger partial charge in [0.05, 0.1) is 5.69 Å². The van der Waals surface area contributed by atoms with Crippen LogP contribution < -0.4 is 10.3 Å². The third kappa shape index (κ3) is 3.86. The number of pyridine rings is 1. The van der Waals surface area contributed by atoms with Gasteiger partial charge in [-0.15, -0.1) is 12.4 Å². The first-order chi connectivity index (χ1) is 14.2. The highest BCUT2D eigenvalue weighted by atomic mass is 35.5. The molecule has 0 saturated heterocycles. The van der Waals surface area contributed by atoms with Crippen LogP contribution in [-0.4, -0.2) is 23.1 Å². The van der Waals surface area contributed by atoms with E-state index in [4.69, 9.17) is 9.15 Å². The topological polar surface area (TPSA) is 47.6 Å². The van der Waals surface area contributed by atoms with Gasteiger partial charge < -0.3 is 14.1 Å². The van der Waals surface area contributed by atoms with Gasteiger partial charge in [-0.25, -0.2) is 0 Å². The highest BCUT2D eigenvalue weighted by Gasteiger charge is 2.20. The Kier molecular flexibility index (Phi) is 5.66. The van der Waals surface area contributed by atoms with Crippen molar-refractivity contribution in [1.29, 1.82) is 0 Å². The van der Waals surface area contributed by atoms with Crippen LogP contribution in [0.25, 0.3) is 16.7 Å². The smallest absolute Gasteiger partial charge is 0.258 e. The van der Waals surface area contributed by atoms with Crippen molar-refractivity contribution in [2.75, 3.05) is 13.6 Å².